The molecule has 1 aliphatic rings. The minimum absolute atomic E-state index is 0.0433. The summed E-state index contributed by atoms with van der Waals surface area (Å²) in [6, 6.07) is 9.40. The van der Waals surface area contributed by atoms with Crippen molar-refractivity contribution in [3.8, 4) is 5.75 Å². The number of anilines is 2. The van der Waals surface area contributed by atoms with Crippen LogP contribution in [0.2, 0.25) is 0 Å². The number of benzene rings is 1. The molecule has 1 aromatic carbocycles. The summed E-state index contributed by atoms with van der Waals surface area (Å²) >= 11 is 0. The molecule has 1 aliphatic heterocycles. The lowest BCUT2D eigenvalue weighted by Gasteiger charge is -2.36. The molecule has 0 radical (unpaired) electrons. The molecule has 1 aromatic heterocycles. The minimum Gasteiger partial charge on any atom is -0.492 e. The highest BCUT2D eigenvalue weighted by Gasteiger charge is 2.36. The summed E-state index contributed by atoms with van der Waals surface area (Å²) < 4.78 is 50.3. The number of ether oxygens (including phenoxy) is 2. The molecule has 0 atom stereocenters. The minimum atomic E-state index is -4.44. The molecule has 0 saturated carbocycles. The van der Waals surface area contributed by atoms with E-state index in [0.717, 1.165) is 6.07 Å². The Balaban J connectivity index is 1.44. The summed E-state index contributed by atoms with van der Waals surface area (Å²) in [5, 5.41) is 2.65. The maximum Gasteiger partial charge on any atom is 0.419 e. The zero-order chi connectivity index (χ0) is 22.3. The topological polar surface area (TPSA) is 66.9 Å². The molecule has 1 N–H and O–H groups in total. The van der Waals surface area contributed by atoms with Crippen molar-refractivity contribution < 1.29 is 27.4 Å². The van der Waals surface area contributed by atoms with E-state index in [9.17, 15) is 18.0 Å². The Morgan fingerprint density at radius 2 is 1.87 bits per heavy atom. The first kappa shape index (κ1) is 22.7. The average molecular weight is 438 g/mol. The number of alkyl halides is 3. The summed E-state index contributed by atoms with van der Waals surface area (Å²) in [7, 11) is 0. The number of halogens is 3. The SMILES string of the molecule is CCOc1ccccc1NC(=O)OCCN1CCN(c2ncccc2C(F)(F)F)CC1. The third-order valence-corrected chi connectivity index (χ3v) is 4.83. The van der Waals surface area contributed by atoms with E-state index in [1.165, 1.54) is 12.3 Å². The number of hydrogen-bond donors (Lipinski definition) is 1. The first-order valence-corrected chi connectivity index (χ1v) is 10.0. The average Bonchev–Trinajstić information content (AvgIpc) is 2.75. The molecular formula is C21H25F3N4O3. The number of piperazine rings is 1. The zero-order valence-electron chi connectivity index (χ0n) is 17.2. The number of hydrogen-bond acceptors (Lipinski definition) is 6. The van der Waals surface area contributed by atoms with E-state index in [1.807, 2.05) is 17.9 Å². The maximum absolute atomic E-state index is 13.2. The Labute approximate surface area is 178 Å². The number of amides is 1. The van der Waals surface area contributed by atoms with E-state index in [0.29, 0.717) is 50.8 Å². The fourth-order valence-electron chi connectivity index (χ4n) is 3.32. The van der Waals surface area contributed by atoms with Crippen molar-refractivity contribution in [3.63, 3.8) is 0 Å². The number of nitrogens with one attached hydrogen (secondary N) is 1. The molecule has 0 aliphatic carbocycles. The normalized spacial score (nSPS) is 14.9. The van der Waals surface area contributed by atoms with Gasteiger partial charge in [-0.25, -0.2) is 9.78 Å². The van der Waals surface area contributed by atoms with Gasteiger partial charge >= 0.3 is 12.3 Å². The molecule has 0 unspecified atom stereocenters. The second-order valence-corrected chi connectivity index (χ2v) is 6.89. The van der Waals surface area contributed by atoms with Gasteiger partial charge in [0.15, 0.2) is 0 Å². The standard InChI is InChI=1S/C21H25F3N4O3/c1-2-30-18-8-4-3-7-17(18)26-20(29)31-15-14-27-10-12-28(13-11-27)19-16(21(22,23)24)6-5-9-25-19/h3-9H,2,10-15H2,1H3,(H,26,29). The number of carbonyl (C=O) groups excluding carboxylic acids is 1. The van der Waals surface area contributed by atoms with Crippen LogP contribution in [-0.2, 0) is 10.9 Å². The second kappa shape index (κ2) is 10.3. The first-order chi connectivity index (χ1) is 14.9. The number of pyridine rings is 1. The van der Waals surface area contributed by atoms with Crippen LogP contribution >= 0.6 is 0 Å². The van der Waals surface area contributed by atoms with Crippen molar-refractivity contribution in [1.82, 2.24) is 9.88 Å². The number of aromatic nitrogens is 1. The third-order valence-electron chi connectivity index (χ3n) is 4.83. The Hall–Kier alpha value is -3.01. The van der Waals surface area contributed by atoms with Crippen molar-refractivity contribution in [3.05, 3.63) is 48.2 Å². The van der Waals surface area contributed by atoms with E-state index in [2.05, 4.69) is 10.3 Å². The van der Waals surface area contributed by atoms with Crippen LogP contribution in [0.15, 0.2) is 42.6 Å². The molecule has 10 heteroatoms. The molecular weight excluding hydrogens is 413 g/mol. The zero-order valence-corrected chi connectivity index (χ0v) is 17.2. The second-order valence-electron chi connectivity index (χ2n) is 6.89. The van der Waals surface area contributed by atoms with Crippen LogP contribution in [-0.4, -0.2) is 61.9 Å². The third kappa shape index (κ3) is 6.24. The van der Waals surface area contributed by atoms with E-state index < -0.39 is 17.8 Å². The first-order valence-electron chi connectivity index (χ1n) is 10.0. The molecule has 2 heterocycles. The van der Waals surface area contributed by atoms with Gasteiger partial charge in [0.1, 0.15) is 18.2 Å². The van der Waals surface area contributed by atoms with Crippen LogP contribution in [0, 0.1) is 0 Å². The van der Waals surface area contributed by atoms with Crippen LogP contribution in [0.5, 0.6) is 5.75 Å². The predicted molar refractivity (Wildman–Crippen MR) is 110 cm³/mol. The summed E-state index contributed by atoms with van der Waals surface area (Å²) in [5.74, 6) is 0.518. The Bertz CT molecular complexity index is 871. The number of carbonyl (C=O) groups is 1. The summed E-state index contributed by atoms with van der Waals surface area (Å²) in [5.41, 5.74) is -0.199. The lowest BCUT2D eigenvalue weighted by molar-refractivity contribution is -0.137. The lowest BCUT2D eigenvalue weighted by atomic mass is 10.2. The van der Waals surface area contributed by atoms with Gasteiger partial charge in [0.25, 0.3) is 0 Å². The van der Waals surface area contributed by atoms with E-state index >= 15 is 0 Å². The Kier molecular flexibility index (Phi) is 7.56. The Morgan fingerprint density at radius 1 is 1.13 bits per heavy atom. The molecule has 0 spiro atoms. The van der Waals surface area contributed by atoms with Gasteiger partial charge in [-0.3, -0.25) is 10.2 Å². The summed E-state index contributed by atoms with van der Waals surface area (Å²) in [6.45, 7) is 4.90. The van der Waals surface area contributed by atoms with Crippen LogP contribution in [0.1, 0.15) is 12.5 Å². The fourth-order valence-corrected chi connectivity index (χ4v) is 3.32. The van der Waals surface area contributed by atoms with Gasteiger partial charge in [0.05, 0.1) is 17.9 Å². The quantitative estimate of drug-likeness (QED) is 0.708. The molecule has 1 saturated heterocycles. The largest absolute Gasteiger partial charge is 0.492 e. The molecule has 31 heavy (non-hydrogen) atoms. The van der Waals surface area contributed by atoms with Gasteiger partial charge in [-0.1, -0.05) is 12.1 Å². The summed E-state index contributed by atoms with van der Waals surface area (Å²) in [6.07, 6.45) is -3.66. The van der Waals surface area contributed by atoms with Crippen LogP contribution in [0.4, 0.5) is 29.5 Å². The van der Waals surface area contributed by atoms with E-state index in [-0.39, 0.29) is 12.4 Å². The van der Waals surface area contributed by atoms with Gasteiger partial charge in [0, 0.05) is 38.9 Å². The number of rotatable bonds is 7. The van der Waals surface area contributed by atoms with Crippen LogP contribution in [0.25, 0.3) is 0 Å². The van der Waals surface area contributed by atoms with Gasteiger partial charge in [-0.2, -0.15) is 13.2 Å². The molecule has 0 bridgehead atoms. The lowest BCUT2D eigenvalue weighted by Crippen LogP contribution is -2.48. The molecule has 7 nitrogen and oxygen atoms in total. The van der Waals surface area contributed by atoms with Crippen LogP contribution in [0.3, 0.4) is 0 Å². The predicted octanol–water partition coefficient (Wildman–Crippen LogP) is 3.87. The monoisotopic (exact) mass is 438 g/mol. The van der Waals surface area contributed by atoms with E-state index in [4.69, 9.17) is 9.47 Å². The van der Waals surface area contributed by atoms with Crippen molar-refractivity contribution >= 4 is 17.6 Å². The van der Waals surface area contributed by atoms with Crippen molar-refractivity contribution in [2.75, 3.05) is 56.2 Å². The van der Waals surface area contributed by atoms with Crippen LogP contribution < -0.4 is 15.0 Å². The number of para-hydroxylation sites is 2. The fraction of sp³-hybridized carbons (Fsp3) is 0.429. The highest BCUT2D eigenvalue weighted by Crippen LogP contribution is 2.35. The highest BCUT2D eigenvalue weighted by atomic mass is 19.4. The van der Waals surface area contributed by atoms with Gasteiger partial charge < -0.3 is 14.4 Å². The highest BCUT2D eigenvalue weighted by molar-refractivity contribution is 5.86. The van der Waals surface area contributed by atoms with Gasteiger partial charge in [-0.05, 0) is 31.2 Å². The molecule has 3 rings (SSSR count). The van der Waals surface area contributed by atoms with Gasteiger partial charge in [-0.15, -0.1) is 0 Å². The number of nitrogens with zero attached hydrogens (tertiary/aromatic N) is 3. The molecule has 1 amide bonds. The van der Waals surface area contributed by atoms with Crippen molar-refractivity contribution in [1.29, 1.82) is 0 Å². The molecule has 168 valence electrons. The molecule has 2 aromatic rings. The maximum atomic E-state index is 13.2. The smallest absolute Gasteiger partial charge is 0.419 e. The summed E-state index contributed by atoms with van der Waals surface area (Å²) in [4.78, 5) is 19.7. The van der Waals surface area contributed by atoms with Crippen molar-refractivity contribution in [2.45, 2.75) is 13.1 Å². The van der Waals surface area contributed by atoms with Crippen molar-refractivity contribution in [2.24, 2.45) is 0 Å². The van der Waals surface area contributed by atoms with E-state index in [1.54, 1.807) is 23.1 Å². The van der Waals surface area contributed by atoms with Gasteiger partial charge in [0.2, 0.25) is 0 Å². The Morgan fingerprint density at radius 3 is 2.58 bits per heavy atom. The molecule has 1 fully saturated rings.